The smallest absolute Gasteiger partial charge is 0.273 e. The van der Waals surface area contributed by atoms with Gasteiger partial charge in [-0.15, -0.1) is 0 Å². The van der Waals surface area contributed by atoms with Crippen LogP contribution < -0.4 is 5.32 Å². The molecule has 0 saturated heterocycles. The number of carbonyl (C=O) groups excluding carboxylic acids is 1. The van der Waals surface area contributed by atoms with Gasteiger partial charge in [0.1, 0.15) is 5.69 Å². The van der Waals surface area contributed by atoms with Crippen LogP contribution in [0.15, 0.2) is 30.5 Å². The van der Waals surface area contributed by atoms with Crippen molar-refractivity contribution in [3.8, 4) is 0 Å². The highest BCUT2D eigenvalue weighted by atomic mass is 16.2. The predicted octanol–water partition coefficient (Wildman–Crippen LogP) is 1.31. The first-order chi connectivity index (χ1) is 9.22. The number of aromatic nitrogens is 2. The summed E-state index contributed by atoms with van der Waals surface area (Å²) in [6.07, 6.45) is 2.46. The summed E-state index contributed by atoms with van der Waals surface area (Å²) < 4.78 is 0. The van der Waals surface area contributed by atoms with Gasteiger partial charge in [-0.2, -0.15) is 0 Å². The van der Waals surface area contributed by atoms with Gasteiger partial charge in [0, 0.05) is 13.6 Å². The van der Waals surface area contributed by atoms with Crippen LogP contribution in [0.1, 0.15) is 16.9 Å². The van der Waals surface area contributed by atoms with E-state index in [0.29, 0.717) is 12.2 Å². The maximum atomic E-state index is 12.2. The lowest BCUT2D eigenvalue weighted by molar-refractivity contribution is 0.0788. The second-order valence-electron chi connectivity index (χ2n) is 4.43. The Bertz CT molecular complexity index is 570. The first-order valence-corrected chi connectivity index (χ1v) is 6.34. The molecular weight excluding hydrogens is 240 g/mol. The fraction of sp³-hybridized carbons (Fsp3) is 0.357. The molecule has 0 spiro atoms. The normalized spacial score (nSPS) is 10.6. The Kier molecular flexibility index (Phi) is 4.41. The molecule has 5 nitrogen and oxygen atoms in total. The third-order valence-corrected chi connectivity index (χ3v) is 2.93. The fourth-order valence-corrected chi connectivity index (χ4v) is 1.85. The summed E-state index contributed by atoms with van der Waals surface area (Å²) in [4.78, 5) is 22.5. The number of benzene rings is 1. The second-order valence-corrected chi connectivity index (χ2v) is 4.43. The lowest BCUT2D eigenvalue weighted by Crippen LogP contribution is -2.30. The fourth-order valence-electron chi connectivity index (χ4n) is 1.85. The SMILES string of the molecule is CNCCCN(C)C(=O)c1cnc2ccccc2n1. The average molecular weight is 258 g/mol. The average Bonchev–Trinajstić information content (AvgIpc) is 2.46. The molecule has 1 heterocycles. The largest absolute Gasteiger partial charge is 0.340 e. The van der Waals surface area contributed by atoms with E-state index >= 15 is 0 Å². The summed E-state index contributed by atoms with van der Waals surface area (Å²) in [5, 5.41) is 3.06. The number of para-hydroxylation sites is 2. The van der Waals surface area contributed by atoms with Crippen LogP contribution >= 0.6 is 0 Å². The lowest BCUT2D eigenvalue weighted by atomic mass is 10.3. The van der Waals surface area contributed by atoms with Crippen LogP contribution in [0, 0.1) is 0 Å². The number of nitrogens with one attached hydrogen (secondary N) is 1. The molecule has 0 aliphatic carbocycles. The number of hydrogen-bond donors (Lipinski definition) is 1. The highest BCUT2D eigenvalue weighted by Crippen LogP contribution is 2.09. The van der Waals surface area contributed by atoms with Gasteiger partial charge < -0.3 is 10.2 Å². The minimum Gasteiger partial charge on any atom is -0.340 e. The number of fused-ring (bicyclic) bond motifs is 1. The Labute approximate surface area is 112 Å². The van der Waals surface area contributed by atoms with Gasteiger partial charge in [-0.3, -0.25) is 9.78 Å². The van der Waals surface area contributed by atoms with Gasteiger partial charge in [0.05, 0.1) is 17.2 Å². The highest BCUT2D eigenvalue weighted by molar-refractivity contribution is 5.93. The van der Waals surface area contributed by atoms with Crippen LogP contribution in [0.5, 0.6) is 0 Å². The molecule has 0 unspecified atom stereocenters. The van der Waals surface area contributed by atoms with Gasteiger partial charge >= 0.3 is 0 Å². The monoisotopic (exact) mass is 258 g/mol. The van der Waals surface area contributed by atoms with E-state index in [2.05, 4.69) is 15.3 Å². The molecule has 1 N–H and O–H groups in total. The standard InChI is InChI=1S/C14H18N4O/c1-15-8-5-9-18(2)14(19)13-10-16-11-6-3-4-7-12(11)17-13/h3-4,6-7,10,15H,5,8-9H2,1-2H3. The van der Waals surface area contributed by atoms with Crippen molar-refractivity contribution in [1.29, 1.82) is 0 Å². The van der Waals surface area contributed by atoms with Gasteiger partial charge in [0.2, 0.25) is 0 Å². The molecule has 1 aromatic heterocycles. The Morgan fingerprint density at radius 2 is 2.05 bits per heavy atom. The first kappa shape index (κ1) is 13.4. The molecule has 0 fully saturated rings. The summed E-state index contributed by atoms with van der Waals surface area (Å²) in [6, 6.07) is 7.54. The van der Waals surface area contributed by atoms with E-state index in [1.54, 1.807) is 18.1 Å². The number of rotatable bonds is 5. The third kappa shape index (κ3) is 3.26. The van der Waals surface area contributed by atoms with Crippen molar-refractivity contribution in [3.63, 3.8) is 0 Å². The molecule has 1 amide bonds. The zero-order valence-electron chi connectivity index (χ0n) is 11.3. The molecule has 2 rings (SSSR count). The van der Waals surface area contributed by atoms with E-state index in [-0.39, 0.29) is 5.91 Å². The quantitative estimate of drug-likeness (QED) is 0.822. The van der Waals surface area contributed by atoms with Crippen molar-refractivity contribution in [2.75, 3.05) is 27.2 Å². The number of hydrogen-bond acceptors (Lipinski definition) is 4. The van der Waals surface area contributed by atoms with Gasteiger partial charge in [-0.25, -0.2) is 4.98 Å². The molecule has 100 valence electrons. The van der Waals surface area contributed by atoms with Crippen LogP contribution in [-0.4, -0.2) is 48.0 Å². The first-order valence-electron chi connectivity index (χ1n) is 6.34. The van der Waals surface area contributed by atoms with Crippen molar-refractivity contribution < 1.29 is 4.79 Å². The van der Waals surface area contributed by atoms with E-state index in [9.17, 15) is 4.79 Å². The number of amides is 1. The van der Waals surface area contributed by atoms with Gasteiger partial charge in [0.25, 0.3) is 5.91 Å². The van der Waals surface area contributed by atoms with Crippen LogP contribution in [0.3, 0.4) is 0 Å². The summed E-state index contributed by atoms with van der Waals surface area (Å²) in [6.45, 7) is 1.59. The third-order valence-electron chi connectivity index (χ3n) is 2.93. The predicted molar refractivity (Wildman–Crippen MR) is 75.0 cm³/mol. The Morgan fingerprint density at radius 3 is 2.79 bits per heavy atom. The molecule has 19 heavy (non-hydrogen) atoms. The molecule has 0 saturated carbocycles. The summed E-state index contributed by atoms with van der Waals surface area (Å²) >= 11 is 0. The van der Waals surface area contributed by atoms with E-state index < -0.39 is 0 Å². The van der Waals surface area contributed by atoms with Gasteiger partial charge in [-0.05, 0) is 32.1 Å². The van der Waals surface area contributed by atoms with Gasteiger partial charge in [-0.1, -0.05) is 12.1 Å². The van der Waals surface area contributed by atoms with Crippen molar-refractivity contribution in [2.24, 2.45) is 0 Å². The topological polar surface area (TPSA) is 58.1 Å². The minimum absolute atomic E-state index is 0.0886. The van der Waals surface area contributed by atoms with Crippen LogP contribution in [0.2, 0.25) is 0 Å². The van der Waals surface area contributed by atoms with Gasteiger partial charge in [0.15, 0.2) is 0 Å². The van der Waals surface area contributed by atoms with Crippen molar-refractivity contribution in [1.82, 2.24) is 20.2 Å². The Morgan fingerprint density at radius 1 is 1.32 bits per heavy atom. The zero-order valence-corrected chi connectivity index (χ0v) is 11.3. The maximum absolute atomic E-state index is 12.2. The van der Waals surface area contributed by atoms with E-state index in [1.807, 2.05) is 31.3 Å². The lowest BCUT2D eigenvalue weighted by Gasteiger charge is -2.16. The van der Waals surface area contributed by atoms with E-state index in [1.165, 1.54) is 0 Å². The number of nitrogens with zero attached hydrogens (tertiary/aromatic N) is 3. The zero-order chi connectivity index (χ0) is 13.7. The second kappa shape index (κ2) is 6.24. The van der Waals surface area contributed by atoms with Crippen LogP contribution in [0.4, 0.5) is 0 Å². The molecule has 2 aromatic rings. The van der Waals surface area contributed by atoms with E-state index in [4.69, 9.17) is 0 Å². The molecule has 0 aliphatic rings. The minimum atomic E-state index is -0.0886. The van der Waals surface area contributed by atoms with Crippen molar-refractivity contribution >= 4 is 16.9 Å². The Balaban J connectivity index is 2.12. The molecule has 0 atom stereocenters. The number of carbonyl (C=O) groups is 1. The highest BCUT2D eigenvalue weighted by Gasteiger charge is 2.13. The van der Waals surface area contributed by atoms with Crippen molar-refractivity contribution in [3.05, 3.63) is 36.2 Å². The molecule has 0 bridgehead atoms. The molecule has 1 aromatic carbocycles. The molecule has 0 radical (unpaired) electrons. The summed E-state index contributed by atoms with van der Waals surface area (Å²) in [7, 11) is 3.69. The molecular formula is C14H18N4O. The summed E-state index contributed by atoms with van der Waals surface area (Å²) in [5.74, 6) is -0.0886. The molecule has 5 heteroatoms. The van der Waals surface area contributed by atoms with Crippen LogP contribution in [0.25, 0.3) is 11.0 Å². The Hall–Kier alpha value is -2.01. The summed E-state index contributed by atoms with van der Waals surface area (Å²) in [5.41, 5.74) is 1.94. The van der Waals surface area contributed by atoms with E-state index in [0.717, 1.165) is 24.0 Å². The molecule has 0 aliphatic heterocycles. The van der Waals surface area contributed by atoms with Crippen LogP contribution in [-0.2, 0) is 0 Å². The maximum Gasteiger partial charge on any atom is 0.273 e. The van der Waals surface area contributed by atoms with Crippen molar-refractivity contribution in [2.45, 2.75) is 6.42 Å².